The van der Waals surface area contributed by atoms with E-state index in [-0.39, 0.29) is 18.6 Å². The van der Waals surface area contributed by atoms with Gasteiger partial charge in [-0.1, -0.05) is 12.2 Å². The van der Waals surface area contributed by atoms with E-state index in [1.807, 2.05) is 13.8 Å². The largest absolute Gasteiger partial charge is 0.454 e. The zero-order valence-electron chi connectivity index (χ0n) is 14.8. The van der Waals surface area contributed by atoms with Gasteiger partial charge in [-0.15, -0.1) is 0 Å². The molecule has 3 rings (SSSR count). The van der Waals surface area contributed by atoms with Crippen molar-refractivity contribution in [1.29, 1.82) is 0 Å². The third-order valence-electron chi connectivity index (χ3n) is 4.57. The molecule has 0 aromatic heterocycles. The average Bonchev–Trinajstić information content (AvgIpc) is 3.26. The van der Waals surface area contributed by atoms with Crippen molar-refractivity contribution < 1.29 is 19.1 Å². The van der Waals surface area contributed by atoms with Crippen LogP contribution in [0.1, 0.15) is 37.0 Å². The predicted molar refractivity (Wildman–Crippen MR) is 93.7 cm³/mol. The Morgan fingerprint density at radius 3 is 2.80 bits per heavy atom. The Kier molecular flexibility index (Phi) is 4.97. The minimum Gasteiger partial charge on any atom is -0.454 e. The summed E-state index contributed by atoms with van der Waals surface area (Å²) in [6, 6.07) is 4.75. The molecule has 1 saturated heterocycles. The van der Waals surface area contributed by atoms with E-state index in [2.05, 4.69) is 6.58 Å². The first-order valence-corrected chi connectivity index (χ1v) is 8.65. The molecule has 1 atom stereocenters. The SMILES string of the molecule is C=C(C)CN(CC)C(=O)C1CCCN1C(=O)c1ccc2c(c1)OCO2. The number of fused-ring (bicyclic) bond motifs is 1. The smallest absolute Gasteiger partial charge is 0.254 e. The summed E-state index contributed by atoms with van der Waals surface area (Å²) in [5.41, 5.74) is 1.45. The van der Waals surface area contributed by atoms with E-state index in [9.17, 15) is 9.59 Å². The van der Waals surface area contributed by atoms with Crippen molar-refractivity contribution in [2.24, 2.45) is 0 Å². The van der Waals surface area contributed by atoms with E-state index in [4.69, 9.17) is 9.47 Å². The number of ether oxygens (including phenoxy) is 2. The van der Waals surface area contributed by atoms with Gasteiger partial charge in [0.25, 0.3) is 5.91 Å². The van der Waals surface area contributed by atoms with E-state index in [0.29, 0.717) is 43.1 Å². The maximum absolute atomic E-state index is 12.9. The molecule has 0 spiro atoms. The van der Waals surface area contributed by atoms with Crippen LogP contribution in [0.5, 0.6) is 11.5 Å². The Bertz CT molecular complexity index is 701. The molecule has 25 heavy (non-hydrogen) atoms. The number of likely N-dealkylation sites (N-methyl/N-ethyl adjacent to an activating group) is 1. The summed E-state index contributed by atoms with van der Waals surface area (Å²) in [5.74, 6) is 1.08. The number of amides is 2. The summed E-state index contributed by atoms with van der Waals surface area (Å²) in [5, 5.41) is 0. The Morgan fingerprint density at radius 1 is 1.32 bits per heavy atom. The summed E-state index contributed by atoms with van der Waals surface area (Å²) in [4.78, 5) is 29.3. The number of hydrogen-bond donors (Lipinski definition) is 0. The van der Waals surface area contributed by atoms with Crippen LogP contribution < -0.4 is 9.47 Å². The molecule has 6 heteroatoms. The van der Waals surface area contributed by atoms with Crippen LogP contribution in [-0.2, 0) is 4.79 Å². The quantitative estimate of drug-likeness (QED) is 0.770. The lowest BCUT2D eigenvalue weighted by atomic mass is 10.1. The molecule has 6 nitrogen and oxygen atoms in total. The number of carbonyl (C=O) groups is 2. The Balaban J connectivity index is 1.77. The summed E-state index contributed by atoms with van der Waals surface area (Å²) in [6.45, 7) is 9.63. The molecule has 2 aliphatic rings. The van der Waals surface area contributed by atoms with Gasteiger partial charge in [0.1, 0.15) is 6.04 Å². The third-order valence-corrected chi connectivity index (χ3v) is 4.57. The number of likely N-dealkylation sites (tertiary alicyclic amines) is 1. The van der Waals surface area contributed by atoms with Gasteiger partial charge in [0.2, 0.25) is 12.7 Å². The molecule has 0 N–H and O–H groups in total. The van der Waals surface area contributed by atoms with Crippen molar-refractivity contribution >= 4 is 11.8 Å². The second-order valence-electron chi connectivity index (χ2n) is 6.53. The number of benzene rings is 1. The minimum atomic E-state index is -0.405. The number of nitrogens with zero attached hydrogens (tertiary/aromatic N) is 2. The van der Waals surface area contributed by atoms with Crippen LogP contribution in [0, 0.1) is 0 Å². The molecule has 1 aromatic rings. The highest BCUT2D eigenvalue weighted by molar-refractivity contribution is 5.98. The van der Waals surface area contributed by atoms with Crippen molar-refractivity contribution in [2.45, 2.75) is 32.7 Å². The maximum Gasteiger partial charge on any atom is 0.254 e. The summed E-state index contributed by atoms with van der Waals surface area (Å²) >= 11 is 0. The van der Waals surface area contributed by atoms with Crippen LogP contribution in [0.2, 0.25) is 0 Å². The van der Waals surface area contributed by atoms with E-state index in [0.717, 1.165) is 12.0 Å². The van der Waals surface area contributed by atoms with Gasteiger partial charge >= 0.3 is 0 Å². The van der Waals surface area contributed by atoms with Gasteiger partial charge in [-0.3, -0.25) is 9.59 Å². The Hall–Kier alpha value is -2.50. The van der Waals surface area contributed by atoms with Crippen molar-refractivity contribution in [3.8, 4) is 11.5 Å². The highest BCUT2D eigenvalue weighted by Gasteiger charge is 2.36. The van der Waals surface area contributed by atoms with E-state index >= 15 is 0 Å². The van der Waals surface area contributed by atoms with Crippen molar-refractivity contribution in [3.63, 3.8) is 0 Å². The first-order chi connectivity index (χ1) is 12.0. The fraction of sp³-hybridized carbons (Fsp3) is 0.474. The summed E-state index contributed by atoms with van der Waals surface area (Å²) in [6.07, 6.45) is 1.53. The van der Waals surface area contributed by atoms with Gasteiger partial charge in [-0.2, -0.15) is 0 Å². The van der Waals surface area contributed by atoms with E-state index < -0.39 is 6.04 Å². The molecule has 2 heterocycles. The summed E-state index contributed by atoms with van der Waals surface area (Å²) < 4.78 is 10.6. The molecule has 1 unspecified atom stereocenters. The number of rotatable bonds is 5. The predicted octanol–water partition coefficient (Wildman–Crippen LogP) is 2.44. The normalized spacial score (nSPS) is 18.3. The van der Waals surface area contributed by atoms with Crippen LogP contribution in [0.4, 0.5) is 0 Å². The second kappa shape index (κ2) is 7.17. The van der Waals surface area contributed by atoms with Gasteiger partial charge in [0.05, 0.1) is 0 Å². The monoisotopic (exact) mass is 344 g/mol. The van der Waals surface area contributed by atoms with Crippen LogP contribution in [0.3, 0.4) is 0 Å². The molecule has 0 bridgehead atoms. The molecule has 134 valence electrons. The van der Waals surface area contributed by atoms with Crippen LogP contribution >= 0.6 is 0 Å². The van der Waals surface area contributed by atoms with Crippen LogP contribution in [0.15, 0.2) is 30.4 Å². The lowest BCUT2D eigenvalue weighted by Crippen LogP contribution is -2.48. The fourth-order valence-electron chi connectivity index (χ4n) is 3.34. The minimum absolute atomic E-state index is 0.00269. The number of carbonyl (C=O) groups excluding carboxylic acids is 2. The van der Waals surface area contributed by atoms with Gasteiger partial charge in [0.15, 0.2) is 11.5 Å². The summed E-state index contributed by atoms with van der Waals surface area (Å²) in [7, 11) is 0. The average molecular weight is 344 g/mol. The molecular weight excluding hydrogens is 320 g/mol. The molecule has 0 aliphatic carbocycles. The molecule has 1 fully saturated rings. The van der Waals surface area contributed by atoms with Gasteiger partial charge in [-0.25, -0.2) is 0 Å². The standard InChI is InChI=1S/C19H24N2O4/c1-4-20(11-13(2)3)19(23)15-6-5-9-21(15)18(22)14-7-8-16-17(10-14)25-12-24-16/h7-8,10,15H,2,4-6,9,11-12H2,1,3H3. The number of hydrogen-bond acceptors (Lipinski definition) is 4. The zero-order chi connectivity index (χ0) is 18.0. The molecule has 0 saturated carbocycles. The van der Waals surface area contributed by atoms with Crippen LogP contribution in [-0.4, -0.2) is 54.1 Å². The zero-order valence-corrected chi connectivity index (χ0v) is 14.8. The van der Waals surface area contributed by atoms with Gasteiger partial charge in [-0.05, 0) is 44.9 Å². The van der Waals surface area contributed by atoms with Gasteiger partial charge in [0, 0.05) is 25.2 Å². The first-order valence-electron chi connectivity index (χ1n) is 8.65. The molecular formula is C19H24N2O4. The fourth-order valence-corrected chi connectivity index (χ4v) is 3.34. The van der Waals surface area contributed by atoms with Crippen LogP contribution in [0.25, 0.3) is 0 Å². The molecule has 0 radical (unpaired) electrons. The molecule has 2 aliphatic heterocycles. The Morgan fingerprint density at radius 2 is 2.08 bits per heavy atom. The highest BCUT2D eigenvalue weighted by Crippen LogP contribution is 2.33. The van der Waals surface area contributed by atoms with Crippen molar-refractivity contribution in [1.82, 2.24) is 9.80 Å². The lowest BCUT2D eigenvalue weighted by Gasteiger charge is -2.30. The van der Waals surface area contributed by atoms with Gasteiger partial charge < -0.3 is 19.3 Å². The Labute approximate surface area is 148 Å². The topological polar surface area (TPSA) is 59.1 Å². The van der Waals surface area contributed by atoms with E-state index in [1.165, 1.54) is 0 Å². The lowest BCUT2D eigenvalue weighted by molar-refractivity contribution is -0.134. The molecule has 2 amide bonds. The highest BCUT2D eigenvalue weighted by atomic mass is 16.7. The van der Waals surface area contributed by atoms with Crippen molar-refractivity contribution in [3.05, 3.63) is 35.9 Å². The van der Waals surface area contributed by atoms with E-state index in [1.54, 1.807) is 28.0 Å². The molecule has 1 aromatic carbocycles. The first kappa shape index (κ1) is 17.3. The third kappa shape index (κ3) is 3.48. The second-order valence-corrected chi connectivity index (χ2v) is 6.53. The maximum atomic E-state index is 12.9. The van der Waals surface area contributed by atoms with Crippen molar-refractivity contribution in [2.75, 3.05) is 26.4 Å².